The fraction of sp³-hybridized carbons (Fsp3) is 0.417. The first kappa shape index (κ1) is 10.2. The van der Waals surface area contributed by atoms with Crippen LogP contribution in [0.1, 0.15) is 11.1 Å². The van der Waals surface area contributed by atoms with E-state index < -0.39 is 0 Å². The Kier molecular flexibility index (Phi) is 2.73. The van der Waals surface area contributed by atoms with Gasteiger partial charge in [-0.3, -0.25) is 4.79 Å². The van der Waals surface area contributed by atoms with Gasteiger partial charge in [-0.25, -0.2) is 0 Å². The van der Waals surface area contributed by atoms with Crippen LogP contribution in [0.4, 0.5) is 5.69 Å². The highest BCUT2D eigenvalue weighted by atomic mass is 16.2. The van der Waals surface area contributed by atoms with Gasteiger partial charge in [0.15, 0.2) is 0 Å². The fourth-order valence-corrected chi connectivity index (χ4v) is 1.98. The van der Waals surface area contributed by atoms with E-state index in [2.05, 4.69) is 24.4 Å². The predicted molar refractivity (Wildman–Crippen MR) is 61.2 cm³/mol. The maximum absolute atomic E-state index is 11.7. The van der Waals surface area contributed by atoms with Crippen LogP contribution in [0, 0.1) is 6.92 Å². The third kappa shape index (κ3) is 1.88. The van der Waals surface area contributed by atoms with Crippen molar-refractivity contribution in [2.24, 2.45) is 0 Å². The molecule has 0 saturated carbocycles. The summed E-state index contributed by atoms with van der Waals surface area (Å²) in [5, 5.41) is 3.06. The van der Waals surface area contributed by atoms with Crippen molar-refractivity contribution in [2.45, 2.75) is 13.3 Å². The minimum absolute atomic E-state index is 0.214. The van der Waals surface area contributed by atoms with E-state index in [0.29, 0.717) is 6.42 Å². The number of anilines is 1. The molecule has 0 aromatic heterocycles. The van der Waals surface area contributed by atoms with Crippen LogP contribution in [-0.2, 0) is 11.2 Å². The predicted octanol–water partition coefficient (Wildman–Crippen LogP) is 1.10. The SMILES string of the molecule is CNCCN1C(=O)Cc2cc(C)ccc21. The summed E-state index contributed by atoms with van der Waals surface area (Å²) in [5.74, 6) is 0.214. The maximum atomic E-state index is 11.7. The van der Waals surface area contributed by atoms with Gasteiger partial charge in [0.2, 0.25) is 5.91 Å². The van der Waals surface area contributed by atoms with Gasteiger partial charge in [0.05, 0.1) is 6.42 Å². The summed E-state index contributed by atoms with van der Waals surface area (Å²) in [6, 6.07) is 6.21. The molecular weight excluding hydrogens is 188 g/mol. The van der Waals surface area contributed by atoms with Gasteiger partial charge in [-0.05, 0) is 25.6 Å². The van der Waals surface area contributed by atoms with Gasteiger partial charge in [-0.1, -0.05) is 17.7 Å². The molecule has 3 nitrogen and oxygen atoms in total. The molecule has 1 aromatic carbocycles. The highest BCUT2D eigenvalue weighted by molar-refractivity contribution is 6.01. The molecule has 1 aromatic rings. The minimum Gasteiger partial charge on any atom is -0.318 e. The van der Waals surface area contributed by atoms with Crippen molar-refractivity contribution in [1.29, 1.82) is 0 Å². The zero-order valence-electron chi connectivity index (χ0n) is 9.21. The van der Waals surface area contributed by atoms with Crippen LogP contribution in [0.25, 0.3) is 0 Å². The highest BCUT2D eigenvalue weighted by Gasteiger charge is 2.26. The molecule has 1 amide bonds. The molecule has 3 heteroatoms. The number of nitrogens with zero attached hydrogens (tertiary/aromatic N) is 1. The Bertz CT molecular complexity index is 387. The minimum atomic E-state index is 0.214. The lowest BCUT2D eigenvalue weighted by atomic mass is 10.1. The number of carbonyl (C=O) groups excluding carboxylic acids is 1. The molecule has 1 aliphatic heterocycles. The number of hydrogen-bond acceptors (Lipinski definition) is 2. The molecule has 1 N–H and O–H groups in total. The molecule has 15 heavy (non-hydrogen) atoms. The standard InChI is InChI=1S/C12H16N2O/c1-9-3-4-11-10(7-9)8-12(15)14(11)6-5-13-2/h3-4,7,13H,5-6,8H2,1-2H3. The van der Waals surface area contributed by atoms with Crippen molar-refractivity contribution in [2.75, 3.05) is 25.0 Å². The van der Waals surface area contributed by atoms with Crippen molar-refractivity contribution < 1.29 is 4.79 Å². The molecule has 0 unspecified atom stereocenters. The number of benzene rings is 1. The Morgan fingerprint density at radius 1 is 1.47 bits per heavy atom. The average molecular weight is 204 g/mol. The molecule has 80 valence electrons. The van der Waals surface area contributed by atoms with Gasteiger partial charge < -0.3 is 10.2 Å². The van der Waals surface area contributed by atoms with Gasteiger partial charge in [0.25, 0.3) is 0 Å². The zero-order valence-corrected chi connectivity index (χ0v) is 9.21. The van der Waals surface area contributed by atoms with E-state index in [1.165, 1.54) is 5.56 Å². The molecular formula is C12H16N2O. The number of likely N-dealkylation sites (N-methyl/N-ethyl adjacent to an activating group) is 1. The summed E-state index contributed by atoms with van der Waals surface area (Å²) in [4.78, 5) is 13.6. The first-order valence-electron chi connectivity index (χ1n) is 5.27. The van der Waals surface area contributed by atoms with Gasteiger partial charge >= 0.3 is 0 Å². The van der Waals surface area contributed by atoms with E-state index in [9.17, 15) is 4.79 Å². The lowest BCUT2D eigenvalue weighted by molar-refractivity contribution is -0.117. The van der Waals surface area contributed by atoms with Crippen LogP contribution in [-0.4, -0.2) is 26.0 Å². The molecule has 0 fully saturated rings. The van der Waals surface area contributed by atoms with Crippen LogP contribution in [0.2, 0.25) is 0 Å². The second-order valence-corrected chi connectivity index (χ2v) is 3.96. The molecule has 0 bridgehead atoms. The summed E-state index contributed by atoms with van der Waals surface area (Å²) in [6.45, 7) is 3.64. The Labute approximate surface area is 90.1 Å². The van der Waals surface area contributed by atoms with Crippen LogP contribution in [0.15, 0.2) is 18.2 Å². The number of hydrogen-bond donors (Lipinski definition) is 1. The van der Waals surface area contributed by atoms with Crippen molar-refractivity contribution in [3.8, 4) is 0 Å². The molecule has 0 aliphatic carbocycles. The lowest BCUT2D eigenvalue weighted by Gasteiger charge is -2.17. The molecule has 0 saturated heterocycles. The Morgan fingerprint density at radius 2 is 2.27 bits per heavy atom. The third-order valence-corrected chi connectivity index (χ3v) is 2.75. The Hall–Kier alpha value is -1.35. The number of rotatable bonds is 3. The number of aryl methyl sites for hydroxylation is 1. The molecule has 1 aliphatic rings. The van der Waals surface area contributed by atoms with Crippen LogP contribution in [0.3, 0.4) is 0 Å². The van der Waals surface area contributed by atoms with Crippen molar-refractivity contribution in [1.82, 2.24) is 5.32 Å². The van der Waals surface area contributed by atoms with E-state index in [-0.39, 0.29) is 5.91 Å². The molecule has 2 rings (SSSR count). The van der Waals surface area contributed by atoms with E-state index in [1.54, 1.807) is 0 Å². The molecule has 0 radical (unpaired) electrons. The van der Waals surface area contributed by atoms with Gasteiger partial charge in [0.1, 0.15) is 0 Å². The third-order valence-electron chi connectivity index (χ3n) is 2.75. The normalized spacial score (nSPS) is 14.5. The summed E-state index contributed by atoms with van der Waals surface area (Å²) >= 11 is 0. The van der Waals surface area contributed by atoms with Crippen molar-refractivity contribution in [3.05, 3.63) is 29.3 Å². The molecule has 1 heterocycles. The molecule has 0 spiro atoms. The van der Waals surface area contributed by atoms with Gasteiger partial charge in [-0.15, -0.1) is 0 Å². The summed E-state index contributed by atoms with van der Waals surface area (Å²) in [6.07, 6.45) is 0.556. The smallest absolute Gasteiger partial charge is 0.231 e. The van der Waals surface area contributed by atoms with E-state index in [1.807, 2.05) is 18.0 Å². The number of nitrogens with one attached hydrogen (secondary N) is 1. The molecule has 0 atom stereocenters. The van der Waals surface area contributed by atoms with Gasteiger partial charge in [-0.2, -0.15) is 0 Å². The Morgan fingerprint density at radius 3 is 3.00 bits per heavy atom. The summed E-state index contributed by atoms with van der Waals surface area (Å²) in [7, 11) is 1.90. The van der Waals surface area contributed by atoms with Gasteiger partial charge in [0, 0.05) is 18.8 Å². The van der Waals surface area contributed by atoms with E-state index >= 15 is 0 Å². The van der Waals surface area contributed by atoms with E-state index in [4.69, 9.17) is 0 Å². The topological polar surface area (TPSA) is 32.3 Å². The number of amides is 1. The van der Waals surface area contributed by atoms with Crippen LogP contribution >= 0.6 is 0 Å². The number of carbonyl (C=O) groups is 1. The first-order valence-corrected chi connectivity index (χ1v) is 5.27. The monoisotopic (exact) mass is 204 g/mol. The first-order chi connectivity index (χ1) is 7.22. The van der Waals surface area contributed by atoms with Crippen LogP contribution in [0.5, 0.6) is 0 Å². The number of fused-ring (bicyclic) bond motifs is 1. The van der Waals surface area contributed by atoms with E-state index in [0.717, 1.165) is 24.3 Å². The highest BCUT2D eigenvalue weighted by Crippen LogP contribution is 2.28. The lowest BCUT2D eigenvalue weighted by Crippen LogP contribution is -2.33. The quantitative estimate of drug-likeness (QED) is 0.799. The maximum Gasteiger partial charge on any atom is 0.231 e. The summed E-state index contributed by atoms with van der Waals surface area (Å²) in [5.41, 5.74) is 3.47. The van der Waals surface area contributed by atoms with Crippen LogP contribution < -0.4 is 10.2 Å². The second-order valence-electron chi connectivity index (χ2n) is 3.96. The zero-order chi connectivity index (χ0) is 10.8. The Balaban J connectivity index is 2.25. The second kappa shape index (κ2) is 4.03. The fourth-order valence-electron chi connectivity index (χ4n) is 1.98. The summed E-state index contributed by atoms with van der Waals surface area (Å²) < 4.78 is 0. The van der Waals surface area contributed by atoms with Crippen molar-refractivity contribution in [3.63, 3.8) is 0 Å². The average Bonchev–Trinajstić information content (AvgIpc) is 2.50. The van der Waals surface area contributed by atoms with Crippen molar-refractivity contribution >= 4 is 11.6 Å². The largest absolute Gasteiger partial charge is 0.318 e.